The van der Waals surface area contributed by atoms with Gasteiger partial charge in [-0.1, -0.05) is 30.3 Å². The Morgan fingerprint density at radius 2 is 1.66 bits per heavy atom. The summed E-state index contributed by atoms with van der Waals surface area (Å²) in [5, 5.41) is 23.1. The fraction of sp³-hybridized carbons (Fsp3) is 0.486. The van der Waals surface area contributed by atoms with Gasteiger partial charge in [-0.25, -0.2) is 9.59 Å². The summed E-state index contributed by atoms with van der Waals surface area (Å²) in [6, 6.07) is 7.27. The van der Waals surface area contributed by atoms with Crippen LogP contribution in [0.25, 0.3) is 0 Å². The fourth-order valence-corrected chi connectivity index (χ4v) is 6.42. The molecule has 6 N–H and O–H groups in total. The number of carbonyl (C=O) groups is 7. The molecule has 0 aromatic heterocycles. The number of Topliss-reactive ketones (excluding diaryl/α,β-unsaturated/α-hetero) is 3. The highest BCUT2D eigenvalue weighted by molar-refractivity contribution is 6.34. The van der Waals surface area contributed by atoms with Crippen molar-refractivity contribution in [2.24, 2.45) is 11.5 Å². The first-order valence-corrected chi connectivity index (χ1v) is 17.9. The minimum absolute atomic E-state index is 0.00216. The number of carboxylic acids is 1. The molecule has 304 valence electrons. The molecule has 2 unspecified atom stereocenters. The quantitative estimate of drug-likeness (QED) is 0.0647. The Labute approximate surface area is 322 Å². The number of nitro benzene ring substituents is 1. The highest BCUT2D eigenvalue weighted by atomic mass is 16.6. The smallest absolute Gasteiger partial charge is 0.417 e. The van der Waals surface area contributed by atoms with E-state index in [4.69, 9.17) is 25.7 Å². The Bertz CT molecular complexity index is 1750. The summed E-state index contributed by atoms with van der Waals surface area (Å²) in [6.07, 6.45) is -4.52. The molecule has 0 aliphatic carbocycles. The van der Waals surface area contributed by atoms with Gasteiger partial charge < -0.3 is 41.0 Å². The number of aliphatic carboxylic acids is 1. The van der Waals surface area contributed by atoms with E-state index in [1.165, 1.54) is 20.8 Å². The van der Waals surface area contributed by atoms with Gasteiger partial charge in [0.05, 0.1) is 29.5 Å². The number of alkyl carbamates (subject to hydrolysis) is 1. The molecule has 0 spiro atoms. The molecular formula is C37H48N6O13. The van der Waals surface area contributed by atoms with Crippen molar-refractivity contribution in [1.29, 1.82) is 0 Å². The number of ketones is 3. The maximum absolute atomic E-state index is 15.1. The van der Waals surface area contributed by atoms with E-state index in [0.29, 0.717) is 4.90 Å². The van der Waals surface area contributed by atoms with E-state index in [1.54, 1.807) is 24.3 Å². The number of nitrogens with two attached hydrogens (primary N) is 2. The fourth-order valence-electron chi connectivity index (χ4n) is 6.42. The van der Waals surface area contributed by atoms with Crippen LogP contribution < -0.4 is 21.5 Å². The van der Waals surface area contributed by atoms with Crippen molar-refractivity contribution >= 4 is 47.1 Å². The minimum Gasteiger partial charge on any atom is -0.481 e. The van der Waals surface area contributed by atoms with Gasteiger partial charge in [-0.15, -0.1) is 0 Å². The lowest BCUT2D eigenvalue weighted by Crippen LogP contribution is -2.76. The second-order valence-electron chi connectivity index (χ2n) is 13.4. The molecule has 19 heteroatoms. The molecule has 2 aromatic carbocycles. The van der Waals surface area contributed by atoms with Crippen molar-refractivity contribution in [1.82, 2.24) is 15.1 Å². The topological polar surface area (TPSA) is 281 Å². The van der Waals surface area contributed by atoms with Gasteiger partial charge in [-0.2, -0.15) is 0 Å². The first-order chi connectivity index (χ1) is 26.5. The van der Waals surface area contributed by atoms with Gasteiger partial charge in [-0.3, -0.25) is 39.0 Å². The van der Waals surface area contributed by atoms with Crippen LogP contribution in [0.1, 0.15) is 58.4 Å². The predicted octanol–water partition coefficient (Wildman–Crippen LogP) is 2.11. The average molecular weight is 785 g/mol. The normalized spacial score (nSPS) is 16.5. The maximum Gasteiger partial charge on any atom is 0.417 e. The summed E-state index contributed by atoms with van der Waals surface area (Å²) in [6.45, 7) is 3.85. The first kappa shape index (κ1) is 44.6. The van der Waals surface area contributed by atoms with E-state index in [0.717, 1.165) is 41.8 Å². The number of ether oxygens (including phenoxy) is 3. The number of rotatable bonds is 20. The van der Waals surface area contributed by atoms with Crippen LogP contribution in [0.5, 0.6) is 5.75 Å². The van der Waals surface area contributed by atoms with E-state index in [2.05, 4.69) is 5.32 Å². The van der Waals surface area contributed by atoms with Gasteiger partial charge in [0.1, 0.15) is 18.5 Å². The third-order valence-electron chi connectivity index (χ3n) is 9.08. The van der Waals surface area contributed by atoms with Gasteiger partial charge in [-0.05, 0) is 64.2 Å². The van der Waals surface area contributed by atoms with Crippen LogP contribution in [0.4, 0.5) is 15.3 Å². The van der Waals surface area contributed by atoms with Gasteiger partial charge in [0, 0.05) is 38.4 Å². The highest BCUT2D eigenvalue weighted by Gasteiger charge is 2.64. The van der Waals surface area contributed by atoms with E-state index in [9.17, 15) is 44.0 Å². The molecule has 0 saturated carbocycles. The Balaban J connectivity index is 2.05. The maximum atomic E-state index is 15.1. The second kappa shape index (κ2) is 20.2. The summed E-state index contributed by atoms with van der Waals surface area (Å²) < 4.78 is 15.8. The standard InChI is InChI=1S/C37H48N6O13/c1-22(2)42(36(51)56-26-16-14-25(15-17-26)43(52)53)37(31(46)23(3)38,33(48)28-13-9-19-41(28)34(49)29(54-4)20-30(44)45)32(47)27(39)12-8-18-40-35(50)55-21-24-10-6-5-7-11-24/h5-7,10-11,14-17,22-23,27-29H,8-9,12-13,18-21,38-39H2,1-4H3,(H,40,50)(H,44,45)/t23-,27-,28-,29?,37?/m0/s1. The Morgan fingerprint density at radius 1 is 1.02 bits per heavy atom. The molecule has 19 nitrogen and oxygen atoms in total. The number of hydrogen-bond acceptors (Lipinski definition) is 14. The van der Waals surface area contributed by atoms with Crippen molar-refractivity contribution in [2.45, 2.75) is 95.3 Å². The first-order valence-electron chi connectivity index (χ1n) is 17.9. The Hall–Kier alpha value is -5.79. The Morgan fingerprint density at radius 3 is 2.21 bits per heavy atom. The Kier molecular flexibility index (Phi) is 16.1. The molecule has 3 rings (SSSR count). The highest BCUT2D eigenvalue weighted by Crippen LogP contribution is 2.34. The number of non-ortho nitro benzene ring substituents is 1. The van der Waals surface area contributed by atoms with Crippen LogP contribution in [0.2, 0.25) is 0 Å². The van der Waals surface area contributed by atoms with Crippen LogP contribution in [0, 0.1) is 10.1 Å². The number of nitro groups is 1. The van der Waals surface area contributed by atoms with Gasteiger partial charge in [0.15, 0.2) is 17.3 Å². The summed E-state index contributed by atoms with van der Waals surface area (Å²) in [4.78, 5) is 108. The number of nitrogens with one attached hydrogen (secondary N) is 1. The number of carbonyl (C=O) groups excluding carboxylic acids is 6. The van der Waals surface area contributed by atoms with Crippen LogP contribution in [0.3, 0.4) is 0 Å². The van der Waals surface area contributed by atoms with E-state index in [-0.39, 0.29) is 56.8 Å². The van der Waals surface area contributed by atoms with Crippen LogP contribution in [-0.2, 0) is 40.1 Å². The largest absolute Gasteiger partial charge is 0.481 e. The zero-order chi connectivity index (χ0) is 41.7. The van der Waals surface area contributed by atoms with Crippen LogP contribution >= 0.6 is 0 Å². The zero-order valence-electron chi connectivity index (χ0n) is 31.6. The molecule has 1 heterocycles. The number of hydrogen-bond donors (Lipinski definition) is 4. The molecule has 0 bridgehead atoms. The molecule has 3 amide bonds. The molecule has 1 aliphatic heterocycles. The van der Waals surface area contributed by atoms with Gasteiger partial charge >= 0.3 is 18.2 Å². The number of likely N-dealkylation sites (tertiary alicyclic amines) is 1. The SMILES string of the molecule is COC(CC(=O)O)C(=O)N1CCC[C@H]1C(=O)C(C(=O)[C@H](C)N)(C(=O)[C@@H](N)CCCNC(=O)OCc1ccccc1)N(C(=O)Oc1ccc([N+](=O)[O-])cc1)C(C)C. The second-order valence-corrected chi connectivity index (χ2v) is 13.4. The molecule has 1 aliphatic rings. The summed E-state index contributed by atoms with van der Waals surface area (Å²) in [5.74, 6) is -6.23. The molecule has 1 fully saturated rings. The van der Waals surface area contributed by atoms with E-state index < -0.39 is 88.6 Å². The lowest BCUT2D eigenvalue weighted by atomic mass is 9.73. The van der Waals surface area contributed by atoms with Crippen molar-refractivity contribution in [3.05, 3.63) is 70.3 Å². The molecular weight excluding hydrogens is 736 g/mol. The van der Waals surface area contributed by atoms with Gasteiger partial charge in [0.25, 0.3) is 11.6 Å². The van der Waals surface area contributed by atoms with Crippen LogP contribution in [0.15, 0.2) is 54.6 Å². The average Bonchev–Trinajstić information content (AvgIpc) is 3.66. The summed E-state index contributed by atoms with van der Waals surface area (Å²) >= 11 is 0. The van der Waals surface area contributed by atoms with Gasteiger partial charge in [0.2, 0.25) is 5.54 Å². The van der Waals surface area contributed by atoms with Crippen molar-refractivity contribution in [2.75, 3.05) is 20.2 Å². The van der Waals surface area contributed by atoms with Crippen molar-refractivity contribution in [3.8, 4) is 5.75 Å². The summed E-state index contributed by atoms with van der Waals surface area (Å²) in [5.41, 5.74) is 9.86. The van der Waals surface area contributed by atoms with Crippen molar-refractivity contribution < 1.29 is 57.8 Å². The lowest BCUT2D eigenvalue weighted by molar-refractivity contribution is -0.384. The number of benzene rings is 2. The minimum atomic E-state index is -3.11. The lowest BCUT2D eigenvalue weighted by Gasteiger charge is -2.45. The molecule has 1 saturated heterocycles. The van der Waals surface area contributed by atoms with Crippen molar-refractivity contribution in [3.63, 3.8) is 0 Å². The number of methoxy groups -OCH3 is 1. The zero-order valence-corrected chi connectivity index (χ0v) is 31.6. The van der Waals surface area contributed by atoms with E-state index >= 15 is 4.79 Å². The van der Waals surface area contributed by atoms with E-state index in [1.807, 2.05) is 6.07 Å². The monoisotopic (exact) mass is 784 g/mol. The third-order valence-corrected chi connectivity index (χ3v) is 9.08. The molecule has 2 aromatic rings. The molecule has 5 atom stereocenters. The summed E-state index contributed by atoms with van der Waals surface area (Å²) in [7, 11) is 1.11. The number of nitrogens with zero attached hydrogens (tertiary/aromatic N) is 3. The number of carboxylic acid groups (broad SMARTS) is 1. The molecule has 0 radical (unpaired) electrons. The van der Waals surface area contributed by atoms with Crippen LogP contribution in [-0.4, -0.2) is 117 Å². The predicted molar refractivity (Wildman–Crippen MR) is 197 cm³/mol. The number of amides is 3. The molecule has 56 heavy (non-hydrogen) atoms. The third kappa shape index (κ3) is 10.7.